The van der Waals surface area contributed by atoms with Crippen LogP contribution in [0.5, 0.6) is 0 Å². The smallest absolute Gasteiger partial charge is 0.0546 e. The van der Waals surface area contributed by atoms with E-state index in [1.54, 1.807) is 0 Å². The van der Waals surface area contributed by atoms with Crippen LogP contribution in [0.15, 0.2) is 30.3 Å². The molecule has 2 N–H and O–H groups in total. The summed E-state index contributed by atoms with van der Waals surface area (Å²) in [4.78, 5) is 2.48. The molecule has 0 radical (unpaired) electrons. The Kier molecular flexibility index (Phi) is 5.37. The van der Waals surface area contributed by atoms with Gasteiger partial charge in [0.2, 0.25) is 0 Å². The average Bonchev–Trinajstić information content (AvgIpc) is 2.48. The highest BCUT2D eigenvalue weighted by atomic mass is 16.5. The number of hydrogen-bond acceptors (Lipinski definition) is 3. The number of nitrogens with two attached hydrogens (primary N) is 1. The molecule has 1 aromatic rings. The van der Waals surface area contributed by atoms with Gasteiger partial charge in [0.25, 0.3) is 0 Å². The Bertz CT molecular complexity index is 360. The molecule has 0 bridgehead atoms. The van der Waals surface area contributed by atoms with Crippen LogP contribution < -0.4 is 5.73 Å². The van der Waals surface area contributed by atoms with Gasteiger partial charge >= 0.3 is 0 Å². The molecule has 0 saturated carbocycles. The fourth-order valence-corrected chi connectivity index (χ4v) is 2.86. The van der Waals surface area contributed by atoms with Gasteiger partial charge in [0.15, 0.2) is 0 Å². The van der Waals surface area contributed by atoms with Crippen molar-refractivity contribution in [2.24, 2.45) is 11.1 Å². The van der Waals surface area contributed by atoms with Crippen LogP contribution in [0.25, 0.3) is 0 Å². The summed E-state index contributed by atoms with van der Waals surface area (Å²) in [7, 11) is 0. The van der Waals surface area contributed by atoms with Crippen LogP contribution in [0.2, 0.25) is 0 Å². The minimum atomic E-state index is 0.156. The van der Waals surface area contributed by atoms with Crippen LogP contribution in [0, 0.1) is 5.41 Å². The normalized spacial score (nSPS) is 23.7. The zero-order valence-corrected chi connectivity index (χ0v) is 12.0. The highest BCUT2D eigenvalue weighted by molar-refractivity contribution is 5.14. The molecule has 1 aliphatic heterocycles. The van der Waals surface area contributed by atoms with Crippen molar-refractivity contribution in [2.45, 2.75) is 26.3 Å². The van der Waals surface area contributed by atoms with Crippen molar-refractivity contribution >= 4 is 0 Å². The van der Waals surface area contributed by atoms with Crippen molar-refractivity contribution in [3.05, 3.63) is 35.9 Å². The van der Waals surface area contributed by atoms with Crippen molar-refractivity contribution < 1.29 is 4.74 Å². The summed E-state index contributed by atoms with van der Waals surface area (Å²) in [6.07, 6.45) is 2.33. The summed E-state index contributed by atoms with van der Waals surface area (Å²) in [5.41, 5.74) is 7.55. The Hall–Kier alpha value is -0.900. The molecule has 1 saturated heterocycles. The fraction of sp³-hybridized carbons (Fsp3) is 0.625. The van der Waals surface area contributed by atoms with Crippen LogP contribution in [0.4, 0.5) is 0 Å². The van der Waals surface area contributed by atoms with E-state index in [4.69, 9.17) is 10.5 Å². The molecule has 0 aromatic heterocycles. The molecule has 2 rings (SSSR count). The van der Waals surface area contributed by atoms with E-state index < -0.39 is 0 Å². The van der Waals surface area contributed by atoms with Crippen LogP contribution >= 0.6 is 0 Å². The first-order valence-electron chi connectivity index (χ1n) is 7.32. The van der Waals surface area contributed by atoms with Crippen molar-refractivity contribution in [2.75, 3.05) is 32.8 Å². The van der Waals surface area contributed by atoms with Gasteiger partial charge in [0.1, 0.15) is 0 Å². The van der Waals surface area contributed by atoms with E-state index in [0.717, 1.165) is 45.8 Å². The predicted octanol–water partition coefficient (Wildman–Crippen LogP) is 2.26. The lowest BCUT2D eigenvalue weighted by Gasteiger charge is -2.39. The molecule has 0 amide bonds. The molecule has 1 unspecified atom stereocenters. The Labute approximate surface area is 116 Å². The third-order valence-corrected chi connectivity index (χ3v) is 4.09. The van der Waals surface area contributed by atoms with Gasteiger partial charge < -0.3 is 10.5 Å². The molecule has 106 valence electrons. The van der Waals surface area contributed by atoms with E-state index >= 15 is 0 Å². The second-order valence-corrected chi connectivity index (χ2v) is 5.65. The molecule has 1 aromatic carbocycles. The number of rotatable bonds is 6. The first-order valence-corrected chi connectivity index (χ1v) is 7.32. The minimum absolute atomic E-state index is 0.156. The van der Waals surface area contributed by atoms with Gasteiger partial charge in [-0.2, -0.15) is 0 Å². The molecular formula is C16H26N2O. The lowest BCUT2D eigenvalue weighted by atomic mass is 9.82. The second kappa shape index (κ2) is 7.04. The van der Waals surface area contributed by atoms with Crippen LogP contribution in [-0.4, -0.2) is 37.7 Å². The molecule has 0 aliphatic carbocycles. The summed E-state index contributed by atoms with van der Waals surface area (Å²) in [6, 6.07) is 10.7. The summed E-state index contributed by atoms with van der Waals surface area (Å²) < 4.78 is 5.67. The van der Waals surface area contributed by atoms with E-state index in [0.29, 0.717) is 0 Å². The minimum Gasteiger partial charge on any atom is -0.381 e. The van der Waals surface area contributed by atoms with Gasteiger partial charge in [-0.05, 0) is 24.9 Å². The maximum atomic E-state index is 6.03. The Morgan fingerprint density at radius 1 is 1.32 bits per heavy atom. The van der Waals surface area contributed by atoms with Crippen molar-refractivity contribution in [3.63, 3.8) is 0 Å². The first-order chi connectivity index (χ1) is 9.28. The van der Waals surface area contributed by atoms with E-state index in [1.807, 2.05) is 0 Å². The van der Waals surface area contributed by atoms with E-state index in [2.05, 4.69) is 42.2 Å². The maximum absolute atomic E-state index is 6.03. The van der Waals surface area contributed by atoms with E-state index in [9.17, 15) is 0 Å². The summed E-state index contributed by atoms with van der Waals surface area (Å²) in [6.45, 7) is 7.74. The quantitative estimate of drug-likeness (QED) is 0.854. The SMILES string of the molecule is CCN(Cc1ccccc1)CC1(CN)CCCOC1. The molecule has 1 atom stereocenters. The van der Waals surface area contributed by atoms with Crippen molar-refractivity contribution in [1.82, 2.24) is 4.90 Å². The lowest BCUT2D eigenvalue weighted by molar-refractivity contribution is -0.0224. The van der Waals surface area contributed by atoms with Crippen molar-refractivity contribution in [1.29, 1.82) is 0 Å². The van der Waals surface area contributed by atoms with Crippen LogP contribution in [-0.2, 0) is 11.3 Å². The Morgan fingerprint density at radius 3 is 2.68 bits per heavy atom. The van der Waals surface area contributed by atoms with Gasteiger partial charge in [-0.1, -0.05) is 37.3 Å². The standard InChI is InChI=1S/C16H26N2O/c1-2-18(11-15-7-4-3-5-8-15)13-16(12-17)9-6-10-19-14-16/h3-5,7-8H,2,6,9-14,17H2,1H3. The zero-order valence-electron chi connectivity index (χ0n) is 12.0. The van der Waals surface area contributed by atoms with Gasteiger partial charge in [0.05, 0.1) is 6.61 Å². The van der Waals surface area contributed by atoms with E-state index in [-0.39, 0.29) is 5.41 Å². The lowest BCUT2D eigenvalue weighted by Crippen LogP contribution is -2.47. The molecule has 1 heterocycles. The summed E-state index contributed by atoms with van der Waals surface area (Å²) in [5.74, 6) is 0. The Morgan fingerprint density at radius 2 is 2.11 bits per heavy atom. The number of nitrogens with zero attached hydrogens (tertiary/aromatic N) is 1. The number of benzene rings is 1. The summed E-state index contributed by atoms with van der Waals surface area (Å²) >= 11 is 0. The zero-order chi connectivity index (χ0) is 13.6. The monoisotopic (exact) mass is 262 g/mol. The molecule has 0 spiro atoms. The molecule has 3 heteroatoms. The predicted molar refractivity (Wildman–Crippen MR) is 78.9 cm³/mol. The van der Waals surface area contributed by atoms with E-state index in [1.165, 1.54) is 12.0 Å². The summed E-state index contributed by atoms with van der Waals surface area (Å²) in [5, 5.41) is 0. The highest BCUT2D eigenvalue weighted by Gasteiger charge is 2.33. The van der Waals surface area contributed by atoms with Gasteiger partial charge in [0, 0.05) is 31.7 Å². The average molecular weight is 262 g/mol. The molecule has 1 fully saturated rings. The maximum Gasteiger partial charge on any atom is 0.0546 e. The highest BCUT2D eigenvalue weighted by Crippen LogP contribution is 2.29. The molecule has 19 heavy (non-hydrogen) atoms. The topological polar surface area (TPSA) is 38.5 Å². The Balaban J connectivity index is 1.97. The van der Waals surface area contributed by atoms with Gasteiger partial charge in [-0.25, -0.2) is 0 Å². The number of ether oxygens (including phenoxy) is 1. The molecular weight excluding hydrogens is 236 g/mol. The fourth-order valence-electron chi connectivity index (χ4n) is 2.86. The van der Waals surface area contributed by atoms with Gasteiger partial charge in [-0.3, -0.25) is 4.90 Å². The number of hydrogen-bond donors (Lipinski definition) is 1. The van der Waals surface area contributed by atoms with Crippen LogP contribution in [0.3, 0.4) is 0 Å². The first kappa shape index (κ1) is 14.5. The van der Waals surface area contributed by atoms with Gasteiger partial charge in [-0.15, -0.1) is 0 Å². The third-order valence-electron chi connectivity index (χ3n) is 4.09. The largest absolute Gasteiger partial charge is 0.381 e. The van der Waals surface area contributed by atoms with Crippen molar-refractivity contribution in [3.8, 4) is 0 Å². The molecule has 1 aliphatic rings. The third kappa shape index (κ3) is 4.03. The second-order valence-electron chi connectivity index (χ2n) is 5.65. The molecule has 3 nitrogen and oxygen atoms in total. The van der Waals surface area contributed by atoms with Crippen LogP contribution in [0.1, 0.15) is 25.3 Å².